The Hall–Kier alpha value is -1.54. The minimum absolute atomic E-state index is 0.0382. The van der Waals surface area contributed by atoms with Gasteiger partial charge in [0.05, 0.1) is 5.71 Å². The maximum absolute atomic E-state index is 11.7. The number of rotatable bonds is 3. The van der Waals surface area contributed by atoms with Crippen LogP contribution in [0.3, 0.4) is 0 Å². The number of carbonyl (C=O) groups is 2. The SMILES string of the molecule is CON=C(C)C1=C(C(=O)O)N2C(=O)[C@@H](N)[C@H]2SC1. The Balaban J connectivity index is 2.44. The van der Waals surface area contributed by atoms with E-state index in [9.17, 15) is 14.7 Å². The molecule has 2 heterocycles. The molecule has 0 unspecified atom stereocenters. The average Bonchev–Trinajstić information content (AvgIpc) is 2.36. The summed E-state index contributed by atoms with van der Waals surface area (Å²) in [6.45, 7) is 1.65. The van der Waals surface area contributed by atoms with Crippen LogP contribution in [0.25, 0.3) is 0 Å². The first-order chi connectivity index (χ1) is 8.49. The van der Waals surface area contributed by atoms with Gasteiger partial charge in [0.2, 0.25) is 5.91 Å². The molecule has 1 saturated heterocycles. The Morgan fingerprint density at radius 3 is 2.89 bits per heavy atom. The molecule has 0 aromatic heterocycles. The fourth-order valence-electron chi connectivity index (χ4n) is 1.98. The van der Waals surface area contributed by atoms with Crippen molar-refractivity contribution in [1.82, 2.24) is 4.90 Å². The van der Waals surface area contributed by atoms with Gasteiger partial charge in [0, 0.05) is 11.3 Å². The van der Waals surface area contributed by atoms with Gasteiger partial charge in [0.1, 0.15) is 24.2 Å². The third kappa shape index (κ3) is 1.77. The largest absolute Gasteiger partial charge is 0.477 e. The first-order valence-corrected chi connectivity index (χ1v) is 6.28. The van der Waals surface area contributed by atoms with Gasteiger partial charge in [-0.15, -0.1) is 11.8 Å². The lowest BCUT2D eigenvalue weighted by atomic mass is 10.0. The molecule has 0 spiro atoms. The Bertz CT molecular complexity index is 474. The van der Waals surface area contributed by atoms with Crippen molar-refractivity contribution < 1.29 is 19.5 Å². The summed E-state index contributed by atoms with van der Waals surface area (Å²) >= 11 is 1.43. The topological polar surface area (TPSA) is 105 Å². The smallest absolute Gasteiger partial charge is 0.353 e. The predicted molar refractivity (Wildman–Crippen MR) is 65.8 cm³/mol. The number of nitrogens with two attached hydrogens (primary N) is 1. The van der Waals surface area contributed by atoms with Crippen LogP contribution in [0.4, 0.5) is 0 Å². The first-order valence-electron chi connectivity index (χ1n) is 5.23. The number of oxime groups is 1. The fraction of sp³-hybridized carbons (Fsp3) is 0.500. The van der Waals surface area contributed by atoms with Gasteiger partial charge >= 0.3 is 5.97 Å². The number of carboxylic acids is 1. The molecule has 0 aromatic carbocycles. The van der Waals surface area contributed by atoms with E-state index in [0.29, 0.717) is 17.0 Å². The van der Waals surface area contributed by atoms with Gasteiger partial charge in [-0.1, -0.05) is 5.16 Å². The van der Waals surface area contributed by atoms with Crippen LogP contribution < -0.4 is 5.73 Å². The molecule has 18 heavy (non-hydrogen) atoms. The lowest BCUT2D eigenvalue weighted by Crippen LogP contribution is -2.68. The number of thioether (sulfide) groups is 1. The van der Waals surface area contributed by atoms with Gasteiger partial charge in [-0.05, 0) is 6.92 Å². The number of carboxylic acid groups (broad SMARTS) is 1. The standard InChI is InChI=1S/C10H13N3O4S/c1-4(12-17-2)5-3-18-9-6(11)8(14)13(9)7(5)10(15)16/h6,9H,3,11H2,1-2H3,(H,15,16)/t6-,9-/m1/s1. The zero-order valence-corrected chi connectivity index (χ0v) is 10.7. The van der Waals surface area contributed by atoms with Crippen LogP contribution in [-0.2, 0) is 14.4 Å². The number of aliphatic carboxylic acids is 1. The molecule has 3 N–H and O–H groups in total. The third-order valence-corrected chi connectivity index (χ3v) is 4.18. The van der Waals surface area contributed by atoms with E-state index >= 15 is 0 Å². The number of amides is 1. The fourth-order valence-corrected chi connectivity index (χ4v) is 3.35. The van der Waals surface area contributed by atoms with Crippen LogP contribution in [-0.4, -0.2) is 51.9 Å². The minimum Gasteiger partial charge on any atom is -0.477 e. The summed E-state index contributed by atoms with van der Waals surface area (Å²) in [6, 6.07) is -0.620. The Labute approximate surface area is 108 Å². The third-order valence-electron chi connectivity index (χ3n) is 2.88. The van der Waals surface area contributed by atoms with Crippen molar-refractivity contribution in [2.75, 3.05) is 12.9 Å². The summed E-state index contributed by atoms with van der Waals surface area (Å²) in [6.07, 6.45) is 0. The van der Waals surface area contributed by atoms with Gasteiger partial charge in [-0.2, -0.15) is 0 Å². The molecule has 2 aliphatic rings. The minimum atomic E-state index is -1.15. The second kappa shape index (κ2) is 4.62. The predicted octanol–water partition coefficient (Wildman–Crippen LogP) is -0.410. The second-order valence-corrected chi connectivity index (χ2v) is 5.03. The molecule has 0 saturated carbocycles. The van der Waals surface area contributed by atoms with E-state index in [4.69, 9.17) is 5.73 Å². The summed E-state index contributed by atoms with van der Waals surface area (Å²) in [4.78, 5) is 28.8. The number of hydrogen-bond acceptors (Lipinski definition) is 6. The van der Waals surface area contributed by atoms with Crippen molar-refractivity contribution in [1.29, 1.82) is 0 Å². The van der Waals surface area contributed by atoms with Gasteiger partial charge in [0.25, 0.3) is 0 Å². The lowest BCUT2D eigenvalue weighted by Gasteiger charge is -2.47. The molecule has 8 heteroatoms. The highest BCUT2D eigenvalue weighted by Crippen LogP contribution is 2.39. The van der Waals surface area contributed by atoms with Crippen molar-refractivity contribution in [3.8, 4) is 0 Å². The second-order valence-electron chi connectivity index (χ2n) is 3.93. The Morgan fingerprint density at radius 2 is 2.33 bits per heavy atom. The Kier molecular flexibility index (Phi) is 3.31. The monoisotopic (exact) mass is 271 g/mol. The molecule has 0 bridgehead atoms. The first kappa shape index (κ1) is 12.9. The molecule has 0 aromatic rings. The van der Waals surface area contributed by atoms with Gasteiger partial charge in [-0.25, -0.2) is 4.79 Å². The maximum atomic E-state index is 11.7. The highest BCUT2D eigenvalue weighted by Gasteiger charge is 2.52. The van der Waals surface area contributed by atoms with Crippen molar-refractivity contribution in [2.45, 2.75) is 18.3 Å². The molecule has 0 aliphatic carbocycles. The molecule has 7 nitrogen and oxygen atoms in total. The van der Waals surface area contributed by atoms with Crippen LogP contribution in [0.2, 0.25) is 0 Å². The average molecular weight is 271 g/mol. The van der Waals surface area contributed by atoms with Crippen LogP contribution in [0.1, 0.15) is 6.92 Å². The van der Waals surface area contributed by atoms with E-state index in [1.165, 1.54) is 23.8 Å². The van der Waals surface area contributed by atoms with Crippen LogP contribution in [0, 0.1) is 0 Å². The summed E-state index contributed by atoms with van der Waals surface area (Å²) in [5.41, 5.74) is 6.54. The molecule has 98 valence electrons. The summed E-state index contributed by atoms with van der Waals surface area (Å²) in [5.74, 6) is -1.07. The van der Waals surface area contributed by atoms with Crippen molar-refractivity contribution in [3.05, 3.63) is 11.3 Å². The zero-order valence-electron chi connectivity index (χ0n) is 9.91. The summed E-state index contributed by atoms with van der Waals surface area (Å²) in [5, 5.41) is 12.7. The number of nitrogens with zero attached hydrogens (tertiary/aromatic N) is 2. The van der Waals surface area contributed by atoms with Gasteiger partial charge in [-0.3, -0.25) is 9.69 Å². The Morgan fingerprint density at radius 1 is 1.67 bits per heavy atom. The molecule has 2 atom stereocenters. The van der Waals surface area contributed by atoms with E-state index in [1.54, 1.807) is 6.92 Å². The molecule has 1 fully saturated rings. The highest BCUT2D eigenvalue weighted by atomic mass is 32.2. The van der Waals surface area contributed by atoms with Gasteiger partial charge < -0.3 is 15.7 Å². The molecule has 2 rings (SSSR count). The normalized spacial score (nSPS) is 27.8. The number of fused-ring (bicyclic) bond motifs is 1. The van der Waals surface area contributed by atoms with Crippen molar-refractivity contribution in [2.24, 2.45) is 10.9 Å². The van der Waals surface area contributed by atoms with E-state index in [2.05, 4.69) is 9.99 Å². The van der Waals surface area contributed by atoms with Crippen molar-refractivity contribution in [3.63, 3.8) is 0 Å². The summed E-state index contributed by atoms with van der Waals surface area (Å²) in [7, 11) is 1.38. The van der Waals surface area contributed by atoms with Crippen LogP contribution in [0.15, 0.2) is 16.4 Å². The number of β-lactam (4-membered cyclic amide) rings is 1. The lowest BCUT2D eigenvalue weighted by molar-refractivity contribution is -0.147. The van der Waals surface area contributed by atoms with E-state index in [1.807, 2.05) is 0 Å². The highest BCUT2D eigenvalue weighted by molar-refractivity contribution is 8.00. The molecule has 2 aliphatic heterocycles. The molecular formula is C10H13N3O4S. The maximum Gasteiger partial charge on any atom is 0.353 e. The van der Waals surface area contributed by atoms with E-state index in [-0.39, 0.29) is 17.0 Å². The molecule has 0 radical (unpaired) electrons. The van der Waals surface area contributed by atoms with Crippen LogP contribution in [0.5, 0.6) is 0 Å². The van der Waals surface area contributed by atoms with E-state index < -0.39 is 12.0 Å². The summed E-state index contributed by atoms with van der Waals surface area (Å²) < 4.78 is 0. The molecule has 1 amide bonds. The van der Waals surface area contributed by atoms with Crippen LogP contribution >= 0.6 is 11.8 Å². The number of carbonyl (C=O) groups excluding carboxylic acids is 1. The van der Waals surface area contributed by atoms with Crippen molar-refractivity contribution >= 4 is 29.4 Å². The van der Waals surface area contributed by atoms with Gasteiger partial charge in [0.15, 0.2) is 0 Å². The number of hydrogen-bond donors (Lipinski definition) is 2. The van der Waals surface area contributed by atoms with E-state index in [0.717, 1.165) is 0 Å². The zero-order chi connectivity index (χ0) is 13.4. The quantitative estimate of drug-likeness (QED) is 0.411. The molecular weight excluding hydrogens is 258 g/mol.